The highest BCUT2D eigenvalue weighted by Gasteiger charge is 2.16. The first-order valence-electron chi connectivity index (χ1n) is 9.58. The van der Waals surface area contributed by atoms with Gasteiger partial charge in [-0.3, -0.25) is 0 Å². The third-order valence-corrected chi connectivity index (χ3v) is 5.00. The van der Waals surface area contributed by atoms with Crippen molar-refractivity contribution in [3.05, 3.63) is 88.3 Å². The van der Waals surface area contributed by atoms with E-state index in [2.05, 4.69) is 0 Å². The van der Waals surface area contributed by atoms with Crippen LogP contribution in [0.5, 0.6) is 17.2 Å². The minimum atomic E-state index is -0.560. The van der Waals surface area contributed by atoms with Gasteiger partial charge >= 0.3 is 11.6 Å². The summed E-state index contributed by atoms with van der Waals surface area (Å²) in [5, 5.41) is 0.687. The number of esters is 1. The van der Waals surface area contributed by atoms with Gasteiger partial charge in [0.15, 0.2) is 0 Å². The van der Waals surface area contributed by atoms with Crippen LogP contribution in [0.1, 0.15) is 15.9 Å². The van der Waals surface area contributed by atoms with Gasteiger partial charge in [-0.05, 0) is 48.4 Å². The van der Waals surface area contributed by atoms with Gasteiger partial charge in [0.25, 0.3) is 0 Å². The summed E-state index contributed by atoms with van der Waals surface area (Å²) in [6.07, 6.45) is 0. The van der Waals surface area contributed by atoms with Crippen molar-refractivity contribution in [3.8, 4) is 28.4 Å². The maximum Gasteiger partial charge on any atom is 0.344 e. The van der Waals surface area contributed by atoms with Crippen molar-refractivity contribution in [2.75, 3.05) is 14.2 Å². The minimum Gasteiger partial charge on any atom is -0.497 e. The van der Waals surface area contributed by atoms with E-state index >= 15 is 0 Å². The first-order chi connectivity index (χ1) is 15.0. The monoisotopic (exact) mass is 416 g/mol. The van der Waals surface area contributed by atoms with Crippen molar-refractivity contribution >= 4 is 16.9 Å². The highest BCUT2D eigenvalue weighted by Crippen LogP contribution is 2.30. The van der Waals surface area contributed by atoms with Crippen molar-refractivity contribution in [2.45, 2.75) is 6.92 Å². The SMILES string of the molecule is COc1cc(OC)cc(C(=O)Oc2ccc3oc(=O)c(-c4ccccc4)c(C)c3c2)c1. The van der Waals surface area contributed by atoms with Crippen LogP contribution >= 0.6 is 0 Å². The summed E-state index contributed by atoms with van der Waals surface area (Å²) in [5.41, 5.74) is 2.29. The first-order valence-corrected chi connectivity index (χ1v) is 9.58. The van der Waals surface area contributed by atoms with E-state index in [4.69, 9.17) is 18.6 Å². The molecule has 4 rings (SSSR count). The number of fused-ring (bicyclic) bond motifs is 1. The van der Waals surface area contributed by atoms with Crippen LogP contribution in [0.15, 0.2) is 75.9 Å². The maximum absolute atomic E-state index is 12.7. The first kappa shape index (κ1) is 20.2. The molecule has 0 fully saturated rings. The van der Waals surface area contributed by atoms with Gasteiger partial charge in [-0.2, -0.15) is 0 Å². The van der Waals surface area contributed by atoms with Gasteiger partial charge in [0.05, 0.1) is 25.3 Å². The molecule has 0 saturated carbocycles. The maximum atomic E-state index is 12.7. The van der Waals surface area contributed by atoms with Gasteiger partial charge in [-0.1, -0.05) is 30.3 Å². The molecule has 1 aromatic heterocycles. The largest absolute Gasteiger partial charge is 0.497 e. The number of carbonyl (C=O) groups excluding carboxylic acids is 1. The Balaban J connectivity index is 1.73. The fourth-order valence-corrected chi connectivity index (χ4v) is 3.42. The van der Waals surface area contributed by atoms with Crippen molar-refractivity contribution in [1.82, 2.24) is 0 Å². The Bertz CT molecular complexity index is 1300. The fourth-order valence-electron chi connectivity index (χ4n) is 3.42. The summed E-state index contributed by atoms with van der Waals surface area (Å²) in [6.45, 7) is 1.85. The standard InChI is InChI=1S/C25H20O6/c1-15-21-14-18(30-24(26)17-11-19(28-2)13-20(12-17)29-3)9-10-22(21)31-25(27)23(15)16-7-5-4-6-8-16/h4-14H,1-3H3. The lowest BCUT2D eigenvalue weighted by Gasteiger charge is -2.11. The molecule has 156 valence electrons. The molecule has 0 aliphatic heterocycles. The molecule has 0 bridgehead atoms. The van der Waals surface area contributed by atoms with Crippen LogP contribution in [0.3, 0.4) is 0 Å². The Labute approximate surface area is 178 Å². The van der Waals surface area contributed by atoms with Crippen LogP contribution in [0, 0.1) is 6.92 Å². The van der Waals surface area contributed by atoms with E-state index in [1.165, 1.54) is 14.2 Å². The van der Waals surface area contributed by atoms with Crippen molar-refractivity contribution in [1.29, 1.82) is 0 Å². The predicted molar refractivity (Wildman–Crippen MR) is 117 cm³/mol. The third-order valence-electron chi connectivity index (χ3n) is 5.00. The molecular weight excluding hydrogens is 396 g/mol. The second-order valence-electron chi connectivity index (χ2n) is 6.90. The zero-order valence-electron chi connectivity index (χ0n) is 17.3. The molecule has 0 saturated heterocycles. The highest BCUT2D eigenvalue weighted by atomic mass is 16.5. The molecule has 4 aromatic rings. The predicted octanol–water partition coefficient (Wildman–Crippen LogP) is 5.00. The van der Waals surface area contributed by atoms with Crippen LogP contribution < -0.4 is 19.8 Å². The van der Waals surface area contributed by atoms with Gasteiger partial charge in [-0.15, -0.1) is 0 Å². The molecule has 0 radical (unpaired) electrons. The number of aryl methyl sites for hydroxylation is 1. The quantitative estimate of drug-likeness (QED) is 0.259. The molecule has 31 heavy (non-hydrogen) atoms. The van der Waals surface area contributed by atoms with E-state index in [9.17, 15) is 9.59 Å². The molecule has 0 aliphatic carbocycles. The van der Waals surface area contributed by atoms with E-state index in [1.807, 2.05) is 37.3 Å². The number of rotatable bonds is 5. The lowest BCUT2D eigenvalue weighted by Crippen LogP contribution is -2.10. The van der Waals surface area contributed by atoms with Crippen LogP contribution in [0.25, 0.3) is 22.1 Å². The van der Waals surface area contributed by atoms with Gasteiger partial charge in [0.1, 0.15) is 22.8 Å². The normalized spacial score (nSPS) is 10.7. The smallest absolute Gasteiger partial charge is 0.344 e. The molecule has 3 aromatic carbocycles. The summed E-state index contributed by atoms with van der Waals surface area (Å²) < 4.78 is 21.5. The Kier molecular flexibility index (Phi) is 5.45. The molecule has 6 nitrogen and oxygen atoms in total. The molecule has 6 heteroatoms. The molecule has 0 atom stereocenters. The van der Waals surface area contributed by atoms with Crippen LogP contribution in [0.4, 0.5) is 0 Å². The Hall–Kier alpha value is -4.06. The lowest BCUT2D eigenvalue weighted by atomic mass is 9.99. The Morgan fingerprint density at radius 1 is 0.839 bits per heavy atom. The van der Waals surface area contributed by atoms with E-state index < -0.39 is 11.6 Å². The molecule has 1 heterocycles. The summed E-state index contributed by atoms with van der Waals surface area (Å²) in [7, 11) is 3.02. The number of methoxy groups -OCH3 is 2. The second-order valence-corrected chi connectivity index (χ2v) is 6.90. The van der Waals surface area contributed by atoms with Crippen molar-refractivity contribution < 1.29 is 23.4 Å². The second kappa shape index (κ2) is 8.36. The van der Waals surface area contributed by atoms with E-state index in [-0.39, 0.29) is 5.56 Å². The third kappa shape index (κ3) is 4.00. The van der Waals surface area contributed by atoms with E-state index in [1.54, 1.807) is 36.4 Å². The highest BCUT2D eigenvalue weighted by molar-refractivity contribution is 5.93. The van der Waals surface area contributed by atoms with E-state index in [0.717, 1.165) is 11.1 Å². The molecule has 0 amide bonds. The number of ether oxygens (including phenoxy) is 3. The Morgan fingerprint density at radius 3 is 2.16 bits per heavy atom. The molecule has 0 spiro atoms. The van der Waals surface area contributed by atoms with Gasteiger partial charge in [0, 0.05) is 11.5 Å². The molecule has 0 unspecified atom stereocenters. The van der Waals surface area contributed by atoms with Crippen LogP contribution in [-0.4, -0.2) is 20.2 Å². The summed E-state index contributed by atoms with van der Waals surface area (Å²) in [5.74, 6) is 0.731. The van der Waals surface area contributed by atoms with Gasteiger partial charge in [-0.25, -0.2) is 9.59 Å². The van der Waals surface area contributed by atoms with Gasteiger partial charge in [0.2, 0.25) is 0 Å². The van der Waals surface area contributed by atoms with Crippen LogP contribution in [0.2, 0.25) is 0 Å². The number of benzene rings is 3. The zero-order chi connectivity index (χ0) is 22.0. The lowest BCUT2D eigenvalue weighted by molar-refractivity contribution is 0.0734. The minimum absolute atomic E-state index is 0.289. The summed E-state index contributed by atoms with van der Waals surface area (Å²) >= 11 is 0. The van der Waals surface area contributed by atoms with Crippen molar-refractivity contribution in [2.24, 2.45) is 0 Å². The fraction of sp³-hybridized carbons (Fsp3) is 0.120. The van der Waals surface area contributed by atoms with Crippen LogP contribution in [-0.2, 0) is 0 Å². The summed E-state index contributed by atoms with van der Waals surface area (Å²) in [4.78, 5) is 25.3. The van der Waals surface area contributed by atoms with E-state index in [0.29, 0.717) is 33.8 Å². The number of hydrogen-bond donors (Lipinski definition) is 0. The number of carbonyl (C=O) groups is 1. The zero-order valence-corrected chi connectivity index (χ0v) is 17.3. The molecule has 0 N–H and O–H groups in total. The van der Waals surface area contributed by atoms with Crippen molar-refractivity contribution in [3.63, 3.8) is 0 Å². The average Bonchev–Trinajstić information content (AvgIpc) is 2.79. The topological polar surface area (TPSA) is 75.0 Å². The Morgan fingerprint density at radius 2 is 1.52 bits per heavy atom. The average molecular weight is 416 g/mol. The molecular formula is C25H20O6. The summed E-state index contributed by atoms with van der Waals surface area (Å²) in [6, 6.07) is 19.0. The molecule has 0 aliphatic rings. The van der Waals surface area contributed by atoms with Gasteiger partial charge < -0.3 is 18.6 Å². The number of hydrogen-bond acceptors (Lipinski definition) is 6.